The van der Waals surface area contributed by atoms with Crippen LogP contribution < -0.4 is 4.74 Å². The monoisotopic (exact) mass is 285 g/mol. The van der Waals surface area contributed by atoms with Gasteiger partial charge in [0.1, 0.15) is 0 Å². The summed E-state index contributed by atoms with van der Waals surface area (Å²) in [7, 11) is 1.36. The number of aromatic nitrogens is 1. The summed E-state index contributed by atoms with van der Waals surface area (Å²) >= 11 is 8.55. The molecule has 0 saturated carbocycles. The minimum Gasteiger partial charge on any atom is -0.481 e. The summed E-state index contributed by atoms with van der Waals surface area (Å²) in [6.07, 6.45) is -1.33. The fourth-order valence-electron chi connectivity index (χ4n) is 1.06. The van der Waals surface area contributed by atoms with Gasteiger partial charge in [-0.25, -0.2) is 13.8 Å². The molecule has 0 aliphatic carbocycles. The van der Waals surface area contributed by atoms with Crippen molar-refractivity contribution in [3.05, 3.63) is 21.8 Å². The highest BCUT2D eigenvalue weighted by Crippen LogP contribution is 2.35. The van der Waals surface area contributed by atoms with Gasteiger partial charge in [0.25, 0.3) is 6.43 Å². The van der Waals surface area contributed by atoms with Crippen LogP contribution in [0.3, 0.4) is 0 Å². The van der Waals surface area contributed by atoms with E-state index >= 15 is 0 Å². The van der Waals surface area contributed by atoms with E-state index in [2.05, 4.69) is 20.9 Å². The van der Waals surface area contributed by atoms with E-state index in [4.69, 9.17) is 16.3 Å². The number of nitrogens with zero attached hydrogens (tertiary/aromatic N) is 1. The molecular weight excluding hydrogens is 279 g/mol. The van der Waals surface area contributed by atoms with Crippen LogP contribution in [0.1, 0.15) is 17.6 Å². The Bertz CT molecular complexity index is 335. The van der Waals surface area contributed by atoms with E-state index in [0.29, 0.717) is 0 Å². The lowest BCUT2D eigenvalue weighted by atomic mass is 10.1. The van der Waals surface area contributed by atoms with Gasteiger partial charge in [-0.1, -0.05) is 0 Å². The number of rotatable bonds is 3. The predicted molar refractivity (Wildman–Crippen MR) is 53.0 cm³/mol. The molecule has 0 fully saturated rings. The van der Waals surface area contributed by atoms with E-state index in [1.807, 2.05) is 0 Å². The summed E-state index contributed by atoms with van der Waals surface area (Å²) in [6, 6.07) is 0. The van der Waals surface area contributed by atoms with Crippen molar-refractivity contribution < 1.29 is 13.5 Å². The molecule has 0 spiro atoms. The van der Waals surface area contributed by atoms with Gasteiger partial charge in [0, 0.05) is 21.8 Å². The number of ether oxygens (including phenoxy) is 1. The smallest absolute Gasteiger partial charge is 0.265 e. The number of hydrogen-bond acceptors (Lipinski definition) is 2. The normalized spacial score (nSPS) is 10.7. The van der Waals surface area contributed by atoms with Crippen molar-refractivity contribution in [2.45, 2.75) is 12.3 Å². The highest BCUT2D eigenvalue weighted by molar-refractivity contribution is 9.10. The van der Waals surface area contributed by atoms with Gasteiger partial charge in [0.15, 0.2) is 0 Å². The first kappa shape index (κ1) is 11.7. The maximum Gasteiger partial charge on any atom is 0.265 e. The zero-order chi connectivity index (χ0) is 10.7. The summed E-state index contributed by atoms with van der Waals surface area (Å²) in [5, 5.41) is 0. The molecule has 78 valence electrons. The summed E-state index contributed by atoms with van der Waals surface area (Å²) in [5.74, 6) is 0.0773. The van der Waals surface area contributed by atoms with Gasteiger partial charge in [-0.2, -0.15) is 0 Å². The standard InChI is InChI=1S/C8H7BrClF2NO/c1-14-8-4(2-10)6(7(11)12)5(9)3-13-8/h3,7H,2H2,1H3. The van der Waals surface area contributed by atoms with Crippen molar-refractivity contribution in [2.24, 2.45) is 0 Å². The fraction of sp³-hybridized carbons (Fsp3) is 0.375. The molecular formula is C8H7BrClF2NO. The van der Waals surface area contributed by atoms with Crippen LogP contribution in [0.2, 0.25) is 0 Å². The Morgan fingerprint density at radius 2 is 2.29 bits per heavy atom. The lowest BCUT2D eigenvalue weighted by molar-refractivity contribution is 0.149. The van der Waals surface area contributed by atoms with Crippen molar-refractivity contribution >= 4 is 27.5 Å². The van der Waals surface area contributed by atoms with E-state index in [1.165, 1.54) is 13.3 Å². The molecule has 0 bridgehead atoms. The van der Waals surface area contributed by atoms with Crippen LogP contribution in [0.4, 0.5) is 8.78 Å². The SMILES string of the molecule is COc1ncc(Br)c(C(F)F)c1CCl. The number of pyridine rings is 1. The topological polar surface area (TPSA) is 22.1 Å². The van der Waals surface area contributed by atoms with E-state index in [9.17, 15) is 8.78 Å². The first-order valence-corrected chi connectivity index (χ1v) is 5.00. The largest absolute Gasteiger partial charge is 0.481 e. The second-order valence-corrected chi connectivity index (χ2v) is 3.56. The fourth-order valence-corrected chi connectivity index (χ4v) is 1.84. The van der Waals surface area contributed by atoms with Gasteiger partial charge in [-0.3, -0.25) is 0 Å². The second-order valence-electron chi connectivity index (χ2n) is 2.44. The number of hydrogen-bond donors (Lipinski definition) is 0. The molecule has 6 heteroatoms. The van der Waals surface area contributed by atoms with Crippen molar-refractivity contribution in [2.75, 3.05) is 7.11 Å². The van der Waals surface area contributed by atoms with Crippen molar-refractivity contribution in [3.63, 3.8) is 0 Å². The molecule has 2 nitrogen and oxygen atoms in total. The number of halogens is 4. The predicted octanol–water partition coefficient (Wildman–Crippen LogP) is 3.53. The van der Waals surface area contributed by atoms with Gasteiger partial charge in [-0.05, 0) is 15.9 Å². The Balaban J connectivity index is 3.35. The van der Waals surface area contributed by atoms with Crippen LogP contribution in [0, 0.1) is 0 Å². The summed E-state index contributed by atoms with van der Waals surface area (Å²) in [4.78, 5) is 3.82. The molecule has 0 atom stereocenters. The van der Waals surface area contributed by atoms with Gasteiger partial charge in [0.2, 0.25) is 5.88 Å². The molecule has 1 aromatic heterocycles. The van der Waals surface area contributed by atoms with Gasteiger partial charge >= 0.3 is 0 Å². The van der Waals surface area contributed by atoms with Crippen molar-refractivity contribution in [1.82, 2.24) is 4.98 Å². The Labute approximate surface area is 93.4 Å². The maximum absolute atomic E-state index is 12.6. The highest BCUT2D eigenvalue weighted by Gasteiger charge is 2.20. The number of alkyl halides is 3. The highest BCUT2D eigenvalue weighted by atomic mass is 79.9. The Hall–Kier alpha value is -0.420. The van der Waals surface area contributed by atoms with Gasteiger partial charge < -0.3 is 4.74 Å². The van der Waals surface area contributed by atoms with Crippen LogP contribution in [0.25, 0.3) is 0 Å². The maximum atomic E-state index is 12.6. The molecule has 0 saturated heterocycles. The van der Waals surface area contributed by atoms with E-state index in [-0.39, 0.29) is 27.4 Å². The van der Waals surface area contributed by atoms with Crippen molar-refractivity contribution in [1.29, 1.82) is 0 Å². The van der Waals surface area contributed by atoms with Crippen LogP contribution in [0.5, 0.6) is 5.88 Å². The first-order valence-electron chi connectivity index (χ1n) is 3.67. The summed E-state index contributed by atoms with van der Waals surface area (Å²) in [6.45, 7) is 0. The Morgan fingerprint density at radius 1 is 1.64 bits per heavy atom. The summed E-state index contributed by atoms with van der Waals surface area (Å²) in [5.41, 5.74) is 0.0605. The lowest BCUT2D eigenvalue weighted by Gasteiger charge is -2.11. The second kappa shape index (κ2) is 4.89. The molecule has 14 heavy (non-hydrogen) atoms. The average Bonchev–Trinajstić information content (AvgIpc) is 2.16. The third-order valence-electron chi connectivity index (χ3n) is 1.68. The molecule has 1 aromatic rings. The van der Waals surface area contributed by atoms with Crippen LogP contribution >= 0.6 is 27.5 Å². The minimum atomic E-state index is -2.60. The zero-order valence-corrected chi connectivity index (χ0v) is 9.57. The van der Waals surface area contributed by atoms with Gasteiger partial charge in [0.05, 0.1) is 13.0 Å². The van der Waals surface area contributed by atoms with Crippen LogP contribution in [0.15, 0.2) is 10.7 Å². The lowest BCUT2D eigenvalue weighted by Crippen LogP contribution is -2.00. The molecule has 0 radical (unpaired) electrons. The zero-order valence-electron chi connectivity index (χ0n) is 7.23. The van der Waals surface area contributed by atoms with E-state index in [1.54, 1.807) is 0 Å². The van der Waals surface area contributed by atoms with Crippen LogP contribution in [-0.2, 0) is 5.88 Å². The Morgan fingerprint density at radius 3 is 2.71 bits per heavy atom. The Kier molecular flexibility index (Phi) is 4.07. The van der Waals surface area contributed by atoms with Gasteiger partial charge in [-0.15, -0.1) is 11.6 Å². The first-order chi connectivity index (χ1) is 6.61. The number of methoxy groups -OCH3 is 1. The average molecular weight is 287 g/mol. The third kappa shape index (κ3) is 2.15. The van der Waals surface area contributed by atoms with E-state index < -0.39 is 6.43 Å². The third-order valence-corrected chi connectivity index (χ3v) is 2.58. The molecule has 0 amide bonds. The molecule has 0 aliphatic rings. The molecule has 0 unspecified atom stereocenters. The minimum absolute atomic E-state index is 0.0602. The van der Waals surface area contributed by atoms with E-state index in [0.717, 1.165) is 0 Å². The molecule has 1 rings (SSSR count). The van der Waals surface area contributed by atoms with Crippen LogP contribution in [-0.4, -0.2) is 12.1 Å². The molecule has 0 aromatic carbocycles. The molecule has 0 aliphatic heterocycles. The molecule has 1 heterocycles. The quantitative estimate of drug-likeness (QED) is 0.793. The summed E-state index contributed by atoms with van der Waals surface area (Å²) < 4.78 is 30.3. The van der Waals surface area contributed by atoms with Crippen molar-refractivity contribution in [3.8, 4) is 5.88 Å². The molecule has 0 N–H and O–H groups in total.